The largest absolute Gasteiger partial charge is 0.396 e. The molecule has 1 aromatic carbocycles. The highest BCUT2D eigenvalue weighted by Gasteiger charge is 2.14. The predicted molar refractivity (Wildman–Crippen MR) is 81.8 cm³/mol. The average Bonchev–Trinajstić information content (AvgIpc) is 2.67. The smallest absolute Gasteiger partial charge is 0.123 e. The highest BCUT2D eigenvalue weighted by molar-refractivity contribution is 5.47. The number of nitrogens with two attached hydrogens (primary N) is 1. The van der Waals surface area contributed by atoms with Crippen LogP contribution in [0.15, 0.2) is 24.3 Å². The standard InChI is InChI=1S/C15H21FN4O/c1-10-15(17)11(2)20(18-10)9-14(21)8-19(3)13-6-4-12(16)5-7-13/h4-7,14,21H,8-9,17H2,1-3H3. The number of likely N-dealkylation sites (N-methyl/N-ethyl adjacent to an activating group) is 1. The number of nitrogens with zero attached hydrogens (tertiary/aromatic N) is 3. The lowest BCUT2D eigenvalue weighted by atomic mass is 10.2. The summed E-state index contributed by atoms with van der Waals surface area (Å²) in [5.74, 6) is -0.272. The summed E-state index contributed by atoms with van der Waals surface area (Å²) in [5, 5.41) is 14.5. The lowest BCUT2D eigenvalue weighted by Crippen LogP contribution is -2.32. The second-order valence-electron chi connectivity index (χ2n) is 5.28. The molecule has 3 N–H and O–H groups in total. The second kappa shape index (κ2) is 6.13. The molecule has 1 unspecified atom stereocenters. The minimum absolute atomic E-state index is 0.272. The van der Waals surface area contributed by atoms with Gasteiger partial charge in [-0.15, -0.1) is 0 Å². The number of rotatable bonds is 5. The van der Waals surface area contributed by atoms with Crippen molar-refractivity contribution < 1.29 is 9.50 Å². The van der Waals surface area contributed by atoms with E-state index in [1.165, 1.54) is 12.1 Å². The van der Waals surface area contributed by atoms with Gasteiger partial charge in [-0.1, -0.05) is 0 Å². The summed E-state index contributed by atoms with van der Waals surface area (Å²) in [6.45, 7) is 4.51. The molecular weight excluding hydrogens is 271 g/mol. The molecule has 21 heavy (non-hydrogen) atoms. The van der Waals surface area contributed by atoms with Gasteiger partial charge < -0.3 is 15.7 Å². The van der Waals surface area contributed by atoms with Gasteiger partial charge in [0.2, 0.25) is 0 Å². The van der Waals surface area contributed by atoms with Crippen LogP contribution in [0.3, 0.4) is 0 Å². The molecule has 0 fully saturated rings. The molecule has 2 rings (SSSR count). The molecule has 0 radical (unpaired) electrons. The molecule has 5 nitrogen and oxygen atoms in total. The number of anilines is 2. The highest BCUT2D eigenvalue weighted by Crippen LogP contribution is 2.16. The van der Waals surface area contributed by atoms with Crippen molar-refractivity contribution in [1.82, 2.24) is 9.78 Å². The summed E-state index contributed by atoms with van der Waals surface area (Å²) < 4.78 is 14.6. The zero-order chi connectivity index (χ0) is 15.6. The molecule has 0 aliphatic rings. The fraction of sp³-hybridized carbons (Fsp3) is 0.400. The topological polar surface area (TPSA) is 67.3 Å². The molecular formula is C15H21FN4O. The minimum Gasteiger partial charge on any atom is -0.396 e. The molecule has 6 heteroatoms. The van der Waals surface area contributed by atoms with E-state index in [4.69, 9.17) is 5.73 Å². The summed E-state index contributed by atoms with van der Waals surface area (Å²) in [6, 6.07) is 6.17. The van der Waals surface area contributed by atoms with Gasteiger partial charge in [0.25, 0.3) is 0 Å². The Morgan fingerprint density at radius 3 is 2.48 bits per heavy atom. The van der Waals surface area contributed by atoms with Crippen LogP contribution in [-0.4, -0.2) is 34.6 Å². The number of benzene rings is 1. The second-order valence-corrected chi connectivity index (χ2v) is 5.28. The van der Waals surface area contributed by atoms with Crippen molar-refractivity contribution in [2.45, 2.75) is 26.5 Å². The summed E-state index contributed by atoms with van der Waals surface area (Å²) in [4.78, 5) is 1.87. The summed E-state index contributed by atoms with van der Waals surface area (Å²) in [5.41, 5.74) is 9.01. The van der Waals surface area contributed by atoms with Crippen LogP contribution in [0.5, 0.6) is 0 Å². The Bertz CT molecular complexity index is 609. The van der Waals surface area contributed by atoms with Gasteiger partial charge in [-0.2, -0.15) is 5.10 Å². The first-order valence-electron chi connectivity index (χ1n) is 6.82. The van der Waals surface area contributed by atoms with E-state index >= 15 is 0 Å². The van der Waals surface area contributed by atoms with Gasteiger partial charge in [0.15, 0.2) is 0 Å². The van der Waals surface area contributed by atoms with E-state index in [1.807, 2.05) is 25.8 Å². The van der Waals surface area contributed by atoms with Crippen LogP contribution in [0, 0.1) is 19.7 Å². The molecule has 1 heterocycles. The average molecular weight is 292 g/mol. The number of hydrogen-bond donors (Lipinski definition) is 2. The maximum absolute atomic E-state index is 12.9. The van der Waals surface area contributed by atoms with Gasteiger partial charge in [-0.3, -0.25) is 4.68 Å². The van der Waals surface area contributed by atoms with Gasteiger partial charge in [0.1, 0.15) is 5.82 Å². The molecule has 1 atom stereocenters. The zero-order valence-corrected chi connectivity index (χ0v) is 12.5. The van der Waals surface area contributed by atoms with Crippen LogP contribution in [0.1, 0.15) is 11.4 Å². The Morgan fingerprint density at radius 2 is 1.95 bits per heavy atom. The van der Waals surface area contributed by atoms with Gasteiger partial charge in [0.05, 0.1) is 29.7 Å². The normalized spacial score (nSPS) is 12.4. The van der Waals surface area contributed by atoms with Gasteiger partial charge in [-0.05, 0) is 38.1 Å². The van der Waals surface area contributed by atoms with Crippen molar-refractivity contribution in [1.29, 1.82) is 0 Å². The molecule has 0 aliphatic heterocycles. The first-order chi connectivity index (χ1) is 9.88. The fourth-order valence-corrected chi connectivity index (χ4v) is 2.26. The number of aliphatic hydroxyl groups is 1. The third-order valence-corrected chi connectivity index (χ3v) is 3.57. The molecule has 1 aromatic heterocycles. The number of hydrogen-bond acceptors (Lipinski definition) is 4. The molecule has 114 valence electrons. The number of aromatic nitrogens is 2. The van der Waals surface area contributed by atoms with Crippen molar-refractivity contribution in [3.63, 3.8) is 0 Å². The van der Waals surface area contributed by atoms with Crippen molar-refractivity contribution in [3.05, 3.63) is 41.5 Å². The van der Waals surface area contributed by atoms with E-state index in [0.717, 1.165) is 17.1 Å². The van der Waals surface area contributed by atoms with Crippen molar-refractivity contribution in [3.8, 4) is 0 Å². The lowest BCUT2D eigenvalue weighted by Gasteiger charge is -2.23. The van der Waals surface area contributed by atoms with E-state index in [1.54, 1.807) is 16.8 Å². The van der Waals surface area contributed by atoms with Crippen molar-refractivity contribution >= 4 is 11.4 Å². The highest BCUT2D eigenvalue weighted by atomic mass is 19.1. The fourth-order valence-electron chi connectivity index (χ4n) is 2.26. The van der Waals surface area contributed by atoms with Crippen LogP contribution in [0.25, 0.3) is 0 Å². The van der Waals surface area contributed by atoms with Crippen molar-refractivity contribution in [2.24, 2.45) is 0 Å². The first-order valence-corrected chi connectivity index (χ1v) is 6.82. The van der Waals surface area contributed by atoms with Gasteiger partial charge >= 0.3 is 0 Å². The Hall–Kier alpha value is -2.08. The van der Waals surface area contributed by atoms with Crippen LogP contribution in [0.2, 0.25) is 0 Å². The number of aliphatic hydroxyl groups excluding tert-OH is 1. The first kappa shape index (κ1) is 15.3. The summed E-state index contributed by atoms with van der Waals surface area (Å²) >= 11 is 0. The van der Waals surface area contributed by atoms with E-state index < -0.39 is 6.10 Å². The quantitative estimate of drug-likeness (QED) is 0.880. The Labute approximate surface area is 123 Å². The van der Waals surface area contributed by atoms with Gasteiger partial charge in [-0.25, -0.2) is 4.39 Å². The van der Waals surface area contributed by atoms with Crippen LogP contribution >= 0.6 is 0 Å². The van der Waals surface area contributed by atoms with Crippen LogP contribution < -0.4 is 10.6 Å². The van der Waals surface area contributed by atoms with E-state index in [0.29, 0.717) is 18.8 Å². The predicted octanol–water partition coefficient (Wildman–Crippen LogP) is 1.72. The molecule has 0 saturated heterocycles. The monoisotopic (exact) mass is 292 g/mol. The van der Waals surface area contributed by atoms with Crippen LogP contribution in [-0.2, 0) is 6.54 Å². The van der Waals surface area contributed by atoms with E-state index in [-0.39, 0.29) is 5.82 Å². The number of aryl methyl sites for hydroxylation is 1. The zero-order valence-electron chi connectivity index (χ0n) is 12.5. The lowest BCUT2D eigenvalue weighted by molar-refractivity contribution is 0.155. The van der Waals surface area contributed by atoms with Crippen LogP contribution in [0.4, 0.5) is 15.8 Å². The number of halogens is 1. The molecule has 0 spiro atoms. The maximum Gasteiger partial charge on any atom is 0.123 e. The number of nitrogen functional groups attached to an aromatic ring is 1. The molecule has 0 saturated carbocycles. The maximum atomic E-state index is 12.9. The Morgan fingerprint density at radius 1 is 1.33 bits per heavy atom. The molecule has 0 bridgehead atoms. The molecule has 2 aromatic rings. The van der Waals surface area contributed by atoms with Gasteiger partial charge in [0, 0.05) is 19.3 Å². The molecule has 0 aliphatic carbocycles. The summed E-state index contributed by atoms with van der Waals surface area (Å²) in [6.07, 6.45) is -0.600. The van der Waals surface area contributed by atoms with E-state index in [2.05, 4.69) is 5.10 Å². The van der Waals surface area contributed by atoms with E-state index in [9.17, 15) is 9.50 Å². The SMILES string of the molecule is Cc1nn(CC(O)CN(C)c2ccc(F)cc2)c(C)c1N. The summed E-state index contributed by atoms with van der Waals surface area (Å²) in [7, 11) is 1.85. The van der Waals surface area contributed by atoms with Crippen molar-refractivity contribution in [2.75, 3.05) is 24.2 Å². The molecule has 0 amide bonds. The third kappa shape index (κ3) is 3.52. The Kier molecular flexibility index (Phi) is 4.47. The Balaban J connectivity index is 1.99. The minimum atomic E-state index is -0.600. The third-order valence-electron chi connectivity index (χ3n) is 3.57.